The lowest BCUT2D eigenvalue weighted by molar-refractivity contribution is -0.00449. The highest BCUT2D eigenvalue weighted by atomic mass is 16.5. The van der Waals surface area contributed by atoms with E-state index in [9.17, 15) is 0 Å². The quantitative estimate of drug-likeness (QED) is 0.722. The minimum Gasteiger partial charge on any atom is -0.381 e. The Bertz CT molecular complexity index is 213. The van der Waals surface area contributed by atoms with Crippen LogP contribution in [-0.2, 0) is 4.74 Å². The minimum absolute atomic E-state index is 0.424. The Morgan fingerprint density at radius 1 is 1.22 bits per heavy atom. The molecule has 0 aromatic carbocycles. The van der Waals surface area contributed by atoms with Crippen LogP contribution in [0.25, 0.3) is 0 Å². The van der Waals surface area contributed by atoms with Gasteiger partial charge in [0.2, 0.25) is 0 Å². The van der Waals surface area contributed by atoms with Crippen LogP contribution in [0.15, 0.2) is 0 Å². The van der Waals surface area contributed by atoms with Crippen LogP contribution in [0.4, 0.5) is 0 Å². The van der Waals surface area contributed by atoms with Crippen molar-refractivity contribution in [3.63, 3.8) is 0 Å². The van der Waals surface area contributed by atoms with Crippen molar-refractivity contribution < 1.29 is 4.74 Å². The van der Waals surface area contributed by atoms with Gasteiger partial charge < -0.3 is 15.0 Å². The summed E-state index contributed by atoms with van der Waals surface area (Å²) in [5.74, 6) is 0. The van der Waals surface area contributed by atoms with E-state index >= 15 is 0 Å². The number of hydrogen-bond acceptors (Lipinski definition) is 3. The summed E-state index contributed by atoms with van der Waals surface area (Å²) in [5.41, 5.74) is 0.424. The molecule has 0 aromatic heterocycles. The van der Waals surface area contributed by atoms with Gasteiger partial charge in [0.05, 0.1) is 0 Å². The van der Waals surface area contributed by atoms with Crippen molar-refractivity contribution in [2.45, 2.75) is 53.0 Å². The van der Waals surface area contributed by atoms with Crippen molar-refractivity contribution >= 4 is 0 Å². The van der Waals surface area contributed by atoms with E-state index in [0.29, 0.717) is 11.5 Å². The Morgan fingerprint density at radius 3 is 2.39 bits per heavy atom. The summed E-state index contributed by atoms with van der Waals surface area (Å²) in [6.07, 6.45) is 3.65. The lowest BCUT2D eigenvalue weighted by atomic mass is 9.79. The predicted octanol–water partition coefficient (Wildman–Crippen LogP) is 2.51. The van der Waals surface area contributed by atoms with Crippen molar-refractivity contribution in [1.29, 1.82) is 0 Å². The van der Waals surface area contributed by atoms with Crippen LogP contribution in [0.3, 0.4) is 0 Å². The summed E-state index contributed by atoms with van der Waals surface area (Å²) >= 11 is 0. The van der Waals surface area contributed by atoms with E-state index in [0.717, 1.165) is 26.3 Å². The SMILES string of the molecule is CCCN(CC)CC1(CNC(C)C)CCOCC1. The molecule has 0 aliphatic carbocycles. The van der Waals surface area contributed by atoms with Crippen LogP contribution in [-0.4, -0.2) is 50.3 Å². The summed E-state index contributed by atoms with van der Waals surface area (Å²) in [5, 5.41) is 3.65. The predicted molar refractivity (Wildman–Crippen MR) is 78.0 cm³/mol. The van der Waals surface area contributed by atoms with Crippen LogP contribution in [0.1, 0.15) is 47.0 Å². The van der Waals surface area contributed by atoms with Crippen molar-refractivity contribution in [3.8, 4) is 0 Å². The Labute approximate surface area is 113 Å². The molecule has 1 aliphatic heterocycles. The van der Waals surface area contributed by atoms with E-state index in [1.54, 1.807) is 0 Å². The lowest BCUT2D eigenvalue weighted by Crippen LogP contribution is -2.48. The summed E-state index contributed by atoms with van der Waals surface area (Å²) in [6, 6.07) is 0.575. The summed E-state index contributed by atoms with van der Waals surface area (Å²) in [4.78, 5) is 2.60. The highest BCUT2D eigenvalue weighted by molar-refractivity contribution is 4.87. The number of hydrogen-bond donors (Lipinski definition) is 1. The van der Waals surface area contributed by atoms with Gasteiger partial charge in [-0.1, -0.05) is 27.7 Å². The van der Waals surface area contributed by atoms with Gasteiger partial charge in [-0.3, -0.25) is 0 Å². The van der Waals surface area contributed by atoms with Gasteiger partial charge in [-0.25, -0.2) is 0 Å². The van der Waals surface area contributed by atoms with Crippen molar-refractivity contribution in [3.05, 3.63) is 0 Å². The normalized spacial score (nSPS) is 19.7. The Morgan fingerprint density at radius 2 is 1.89 bits per heavy atom. The molecule has 0 atom stereocenters. The number of rotatable bonds is 8. The molecule has 108 valence electrons. The maximum absolute atomic E-state index is 5.56. The van der Waals surface area contributed by atoms with Gasteiger partial charge in [-0.2, -0.15) is 0 Å². The third-order valence-corrected chi connectivity index (χ3v) is 3.98. The molecule has 1 fully saturated rings. The smallest absolute Gasteiger partial charge is 0.0472 e. The number of ether oxygens (including phenoxy) is 1. The Hall–Kier alpha value is -0.120. The third-order valence-electron chi connectivity index (χ3n) is 3.98. The zero-order valence-corrected chi connectivity index (χ0v) is 12.8. The topological polar surface area (TPSA) is 24.5 Å². The molecule has 18 heavy (non-hydrogen) atoms. The van der Waals surface area contributed by atoms with Crippen molar-refractivity contribution in [2.24, 2.45) is 5.41 Å². The van der Waals surface area contributed by atoms with Gasteiger partial charge in [-0.15, -0.1) is 0 Å². The monoisotopic (exact) mass is 256 g/mol. The van der Waals surface area contributed by atoms with Crippen LogP contribution in [0.5, 0.6) is 0 Å². The third kappa shape index (κ3) is 5.25. The zero-order chi connectivity index (χ0) is 13.4. The molecule has 1 N–H and O–H groups in total. The molecule has 0 amide bonds. The number of nitrogens with one attached hydrogen (secondary N) is 1. The Kier molecular flexibility index (Phi) is 7.20. The van der Waals surface area contributed by atoms with Gasteiger partial charge >= 0.3 is 0 Å². The van der Waals surface area contributed by atoms with Gasteiger partial charge in [0, 0.05) is 32.3 Å². The van der Waals surface area contributed by atoms with E-state index < -0.39 is 0 Å². The van der Waals surface area contributed by atoms with Crippen LogP contribution >= 0.6 is 0 Å². The van der Waals surface area contributed by atoms with Crippen LogP contribution in [0, 0.1) is 5.41 Å². The van der Waals surface area contributed by atoms with Crippen molar-refractivity contribution in [2.75, 3.05) is 39.4 Å². The van der Waals surface area contributed by atoms with E-state index in [-0.39, 0.29) is 0 Å². The molecular weight excluding hydrogens is 224 g/mol. The highest BCUT2D eigenvalue weighted by Gasteiger charge is 2.33. The Balaban J connectivity index is 2.57. The first-order chi connectivity index (χ1) is 8.62. The average Bonchev–Trinajstić information content (AvgIpc) is 2.37. The summed E-state index contributed by atoms with van der Waals surface area (Å²) in [7, 11) is 0. The molecule has 3 heteroatoms. The fourth-order valence-electron chi connectivity index (χ4n) is 2.76. The van der Waals surface area contributed by atoms with E-state index in [2.05, 4.69) is 37.9 Å². The minimum atomic E-state index is 0.424. The molecule has 0 aromatic rings. The lowest BCUT2D eigenvalue weighted by Gasteiger charge is -2.41. The molecule has 1 heterocycles. The molecule has 0 saturated carbocycles. The molecule has 1 aliphatic rings. The van der Waals surface area contributed by atoms with Crippen LogP contribution in [0.2, 0.25) is 0 Å². The highest BCUT2D eigenvalue weighted by Crippen LogP contribution is 2.31. The first kappa shape index (κ1) is 15.9. The van der Waals surface area contributed by atoms with E-state index in [4.69, 9.17) is 4.74 Å². The van der Waals surface area contributed by atoms with E-state index in [1.165, 1.54) is 32.4 Å². The largest absolute Gasteiger partial charge is 0.381 e. The van der Waals surface area contributed by atoms with Crippen LogP contribution < -0.4 is 5.32 Å². The molecule has 1 rings (SSSR count). The maximum Gasteiger partial charge on any atom is 0.0472 e. The van der Waals surface area contributed by atoms with Crippen molar-refractivity contribution in [1.82, 2.24) is 10.2 Å². The molecule has 1 saturated heterocycles. The van der Waals surface area contributed by atoms with E-state index in [1.807, 2.05) is 0 Å². The summed E-state index contributed by atoms with van der Waals surface area (Å²) in [6.45, 7) is 15.6. The maximum atomic E-state index is 5.56. The molecule has 0 bridgehead atoms. The molecule has 0 spiro atoms. The molecular formula is C15H32N2O. The zero-order valence-electron chi connectivity index (χ0n) is 12.8. The van der Waals surface area contributed by atoms with Gasteiger partial charge in [-0.05, 0) is 37.8 Å². The standard InChI is InChI=1S/C15H32N2O/c1-5-9-17(6-2)13-15(12-16-14(3)4)7-10-18-11-8-15/h14,16H,5-13H2,1-4H3. The second-order valence-electron chi connectivity index (χ2n) is 6.02. The second-order valence-corrected chi connectivity index (χ2v) is 6.02. The first-order valence-electron chi connectivity index (χ1n) is 7.65. The fraction of sp³-hybridized carbons (Fsp3) is 1.00. The number of nitrogens with zero attached hydrogens (tertiary/aromatic N) is 1. The second kappa shape index (κ2) is 8.13. The van der Waals surface area contributed by atoms with Gasteiger partial charge in [0.15, 0.2) is 0 Å². The fourth-order valence-corrected chi connectivity index (χ4v) is 2.76. The van der Waals surface area contributed by atoms with Gasteiger partial charge in [0.1, 0.15) is 0 Å². The molecule has 0 unspecified atom stereocenters. The van der Waals surface area contributed by atoms with Gasteiger partial charge in [0.25, 0.3) is 0 Å². The summed E-state index contributed by atoms with van der Waals surface area (Å²) < 4.78 is 5.56. The molecule has 0 radical (unpaired) electrons. The molecule has 3 nitrogen and oxygen atoms in total. The first-order valence-corrected chi connectivity index (χ1v) is 7.65. The average molecular weight is 256 g/mol.